The summed E-state index contributed by atoms with van der Waals surface area (Å²) in [5.74, 6) is -0.136. The van der Waals surface area contributed by atoms with Crippen LogP contribution in [0.3, 0.4) is 0 Å². The van der Waals surface area contributed by atoms with Gasteiger partial charge in [-0.3, -0.25) is 9.59 Å². The van der Waals surface area contributed by atoms with Crippen LogP contribution in [-0.4, -0.2) is 61.9 Å². The number of hydrogen-bond acceptors (Lipinski definition) is 4. The van der Waals surface area contributed by atoms with Gasteiger partial charge in [-0.1, -0.05) is 18.2 Å². The second-order valence-electron chi connectivity index (χ2n) is 7.45. The van der Waals surface area contributed by atoms with Gasteiger partial charge in [0.25, 0.3) is 5.91 Å². The van der Waals surface area contributed by atoms with Gasteiger partial charge in [-0.25, -0.2) is 0 Å². The van der Waals surface area contributed by atoms with Gasteiger partial charge in [0.1, 0.15) is 0 Å². The number of benzene rings is 2. The number of amides is 2. The van der Waals surface area contributed by atoms with Gasteiger partial charge < -0.3 is 20.0 Å². The van der Waals surface area contributed by atoms with E-state index in [1.54, 1.807) is 24.3 Å². The number of piperazine rings is 1. The standard InChI is InChI=1S/C22H28N4O2/c1-17(27)23-20-8-5-7-19(15-20)22(28)26-12-10-25(11-13-26)21-9-4-6-18(14-21)16-24(2)3/h4-9,14-15H,10-13,16H2,1-3H3,(H,23,27). The molecule has 28 heavy (non-hydrogen) atoms. The maximum atomic E-state index is 12.8. The van der Waals surface area contributed by atoms with Crippen LogP contribution in [0.5, 0.6) is 0 Å². The summed E-state index contributed by atoms with van der Waals surface area (Å²) in [6.45, 7) is 5.35. The molecular weight excluding hydrogens is 352 g/mol. The van der Waals surface area contributed by atoms with Gasteiger partial charge in [0, 0.05) is 56.6 Å². The maximum absolute atomic E-state index is 12.8. The van der Waals surface area contributed by atoms with Crippen molar-refractivity contribution in [3.8, 4) is 0 Å². The highest BCUT2D eigenvalue weighted by atomic mass is 16.2. The number of carbonyl (C=O) groups is 2. The quantitative estimate of drug-likeness (QED) is 0.867. The molecular formula is C22H28N4O2. The van der Waals surface area contributed by atoms with Gasteiger partial charge >= 0.3 is 0 Å². The minimum absolute atomic E-state index is 0.00760. The Bertz CT molecular complexity index is 842. The van der Waals surface area contributed by atoms with Gasteiger partial charge in [-0.15, -0.1) is 0 Å². The van der Waals surface area contributed by atoms with E-state index in [1.807, 2.05) is 4.90 Å². The first-order chi connectivity index (χ1) is 13.4. The van der Waals surface area contributed by atoms with Crippen LogP contribution in [0.15, 0.2) is 48.5 Å². The van der Waals surface area contributed by atoms with Crippen LogP contribution in [0, 0.1) is 0 Å². The highest BCUT2D eigenvalue weighted by Gasteiger charge is 2.22. The van der Waals surface area contributed by atoms with E-state index in [9.17, 15) is 9.59 Å². The molecule has 2 amide bonds. The van der Waals surface area contributed by atoms with Gasteiger partial charge in [-0.05, 0) is 50.0 Å². The molecule has 1 fully saturated rings. The van der Waals surface area contributed by atoms with E-state index in [2.05, 4.69) is 53.5 Å². The van der Waals surface area contributed by atoms with Gasteiger partial charge in [-0.2, -0.15) is 0 Å². The van der Waals surface area contributed by atoms with Crippen molar-refractivity contribution in [1.82, 2.24) is 9.80 Å². The topological polar surface area (TPSA) is 55.9 Å². The van der Waals surface area contributed by atoms with Crippen LogP contribution in [0.1, 0.15) is 22.8 Å². The zero-order valence-electron chi connectivity index (χ0n) is 16.8. The van der Waals surface area contributed by atoms with Gasteiger partial charge in [0.2, 0.25) is 5.91 Å². The predicted octanol–water partition coefficient (Wildman–Crippen LogP) is 2.67. The normalized spacial score (nSPS) is 14.3. The Morgan fingerprint density at radius 3 is 2.39 bits per heavy atom. The van der Waals surface area contributed by atoms with Crippen molar-refractivity contribution in [2.24, 2.45) is 0 Å². The molecule has 0 bridgehead atoms. The van der Waals surface area contributed by atoms with Crippen molar-refractivity contribution in [3.05, 3.63) is 59.7 Å². The van der Waals surface area contributed by atoms with E-state index in [0.717, 1.165) is 19.6 Å². The van der Waals surface area contributed by atoms with E-state index in [-0.39, 0.29) is 11.8 Å². The van der Waals surface area contributed by atoms with E-state index >= 15 is 0 Å². The van der Waals surface area contributed by atoms with E-state index in [0.29, 0.717) is 24.3 Å². The molecule has 148 valence electrons. The highest BCUT2D eigenvalue weighted by Crippen LogP contribution is 2.20. The lowest BCUT2D eigenvalue weighted by Crippen LogP contribution is -2.48. The minimum atomic E-state index is -0.144. The number of nitrogens with one attached hydrogen (secondary N) is 1. The van der Waals surface area contributed by atoms with Gasteiger partial charge in [0.05, 0.1) is 0 Å². The molecule has 1 saturated heterocycles. The molecule has 0 atom stereocenters. The molecule has 0 aromatic heterocycles. The van der Waals surface area contributed by atoms with Crippen LogP contribution in [0.2, 0.25) is 0 Å². The summed E-state index contributed by atoms with van der Waals surface area (Å²) in [5.41, 5.74) is 3.75. The largest absolute Gasteiger partial charge is 0.368 e. The molecule has 1 aliphatic rings. The van der Waals surface area contributed by atoms with E-state index in [4.69, 9.17) is 0 Å². The second kappa shape index (κ2) is 8.89. The third-order valence-corrected chi connectivity index (χ3v) is 4.77. The molecule has 6 nitrogen and oxygen atoms in total. The SMILES string of the molecule is CC(=O)Nc1cccc(C(=O)N2CCN(c3cccc(CN(C)C)c3)CC2)c1. The first kappa shape index (κ1) is 19.9. The molecule has 0 unspecified atom stereocenters. The lowest BCUT2D eigenvalue weighted by molar-refractivity contribution is -0.114. The number of nitrogens with zero attached hydrogens (tertiary/aromatic N) is 3. The Kier molecular flexibility index (Phi) is 6.31. The van der Waals surface area contributed by atoms with Crippen molar-refractivity contribution in [1.29, 1.82) is 0 Å². The molecule has 0 radical (unpaired) electrons. The summed E-state index contributed by atoms with van der Waals surface area (Å²) in [6.07, 6.45) is 0. The highest BCUT2D eigenvalue weighted by molar-refractivity contribution is 5.97. The van der Waals surface area contributed by atoms with Crippen molar-refractivity contribution in [3.63, 3.8) is 0 Å². The Balaban J connectivity index is 1.62. The lowest BCUT2D eigenvalue weighted by Gasteiger charge is -2.36. The third kappa shape index (κ3) is 5.10. The van der Waals surface area contributed by atoms with Crippen molar-refractivity contribution >= 4 is 23.2 Å². The van der Waals surface area contributed by atoms with Gasteiger partial charge in [0.15, 0.2) is 0 Å². The van der Waals surface area contributed by atoms with E-state index < -0.39 is 0 Å². The Morgan fingerprint density at radius 1 is 1.00 bits per heavy atom. The Morgan fingerprint density at radius 2 is 1.71 bits per heavy atom. The zero-order valence-corrected chi connectivity index (χ0v) is 16.8. The van der Waals surface area contributed by atoms with Crippen molar-refractivity contribution in [2.75, 3.05) is 50.5 Å². The molecule has 1 N–H and O–H groups in total. The minimum Gasteiger partial charge on any atom is -0.368 e. The molecule has 0 aliphatic carbocycles. The third-order valence-electron chi connectivity index (χ3n) is 4.77. The monoisotopic (exact) mass is 380 g/mol. The molecule has 1 heterocycles. The lowest BCUT2D eigenvalue weighted by atomic mass is 10.1. The molecule has 6 heteroatoms. The van der Waals surface area contributed by atoms with E-state index in [1.165, 1.54) is 18.2 Å². The number of carbonyl (C=O) groups excluding carboxylic acids is 2. The smallest absolute Gasteiger partial charge is 0.254 e. The summed E-state index contributed by atoms with van der Waals surface area (Å²) in [6, 6.07) is 15.7. The second-order valence-corrected chi connectivity index (χ2v) is 7.45. The average Bonchev–Trinajstić information content (AvgIpc) is 2.67. The maximum Gasteiger partial charge on any atom is 0.254 e. The summed E-state index contributed by atoms with van der Waals surface area (Å²) >= 11 is 0. The fourth-order valence-electron chi connectivity index (χ4n) is 3.50. The van der Waals surface area contributed by atoms with Crippen LogP contribution < -0.4 is 10.2 Å². The van der Waals surface area contributed by atoms with Crippen LogP contribution >= 0.6 is 0 Å². The molecule has 0 spiro atoms. The number of rotatable bonds is 5. The molecule has 2 aromatic rings. The molecule has 1 aliphatic heterocycles. The average molecular weight is 380 g/mol. The van der Waals surface area contributed by atoms with Crippen molar-refractivity contribution in [2.45, 2.75) is 13.5 Å². The Hall–Kier alpha value is -2.86. The van der Waals surface area contributed by atoms with Crippen LogP contribution in [0.4, 0.5) is 11.4 Å². The van der Waals surface area contributed by atoms with Crippen LogP contribution in [-0.2, 0) is 11.3 Å². The zero-order chi connectivity index (χ0) is 20.1. The summed E-state index contributed by atoms with van der Waals surface area (Å²) < 4.78 is 0. The Labute approximate surface area is 166 Å². The number of anilines is 2. The molecule has 2 aromatic carbocycles. The van der Waals surface area contributed by atoms with Crippen LogP contribution in [0.25, 0.3) is 0 Å². The van der Waals surface area contributed by atoms with Crippen molar-refractivity contribution < 1.29 is 9.59 Å². The fourth-order valence-corrected chi connectivity index (χ4v) is 3.50. The predicted molar refractivity (Wildman–Crippen MR) is 113 cm³/mol. The first-order valence-electron chi connectivity index (χ1n) is 9.58. The summed E-state index contributed by atoms with van der Waals surface area (Å²) in [7, 11) is 4.13. The first-order valence-corrected chi connectivity index (χ1v) is 9.58. The molecule has 3 rings (SSSR count). The summed E-state index contributed by atoms with van der Waals surface area (Å²) in [5, 5.41) is 2.73. The fraction of sp³-hybridized carbons (Fsp3) is 0.364. The molecule has 0 saturated carbocycles. The number of hydrogen-bond donors (Lipinski definition) is 1. The summed E-state index contributed by atoms with van der Waals surface area (Å²) in [4.78, 5) is 30.5.